The van der Waals surface area contributed by atoms with Gasteiger partial charge in [0.1, 0.15) is 11.3 Å². The van der Waals surface area contributed by atoms with Gasteiger partial charge in [0.15, 0.2) is 0 Å². The molecule has 0 radical (unpaired) electrons. The van der Waals surface area contributed by atoms with E-state index in [1.807, 2.05) is 61.5 Å². The van der Waals surface area contributed by atoms with E-state index >= 15 is 0 Å². The van der Waals surface area contributed by atoms with Crippen LogP contribution >= 0.6 is 0 Å². The van der Waals surface area contributed by atoms with Crippen molar-refractivity contribution in [2.45, 2.75) is 25.5 Å². The van der Waals surface area contributed by atoms with E-state index in [4.69, 9.17) is 10.2 Å². The first-order valence-corrected chi connectivity index (χ1v) is 7.12. The van der Waals surface area contributed by atoms with E-state index < -0.39 is 6.10 Å². The maximum absolute atomic E-state index is 10.6. The second kappa shape index (κ2) is 5.72. The van der Waals surface area contributed by atoms with Gasteiger partial charge in [0.05, 0.1) is 6.10 Å². The van der Waals surface area contributed by atoms with Gasteiger partial charge in [-0.3, -0.25) is 0 Å². The zero-order valence-corrected chi connectivity index (χ0v) is 12.0. The summed E-state index contributed by atoms with van der Waals surface area (Å²) >= 11 is 0. The van der Waals surface area contributed by atoms with Crippen LogP contribution in [0.5, 0.6) is 0 Å². The molecule has 3 N–H and O–H groups in total. The molecule has 2 unspecified atom stereocenters. The molecule has 3 rings (SSSR count). The fourth-order valence-corrected chi connectivity index (χ4v) is 2.77. The van der Waals surface area contributed by atoms with Crippen molar-refractivity contribution in [3.05, 3.63) is 71.5 Å². The van der Waals surface area contributed by atoms with Crippen molar-refractivity contribution in [3.8, 4) is 0 Å². The van der Waals surface area contributed by atoms with Gasteiger partial charge in [0.25, 0.3) is 0 Å². The molecule has 108 valence electrons. The van der Waals surface area contributed by atoms with Gasteiger partial charge in [-0.25, -0.2) is 0 Å². The third-order valence-electron chi connectivity index (χ3n) is 3.84. The fraction of sp³-hybridized carbons (Fsp3) is 0.222. The number of nitrogens with two attached hydrogens (primary N) is 1. The number of fused-ring (bicyclic) bond motifs is 1. The highest BCUT2D eigenvalue weighted by molar-refractivity contribution is 5.82. The molecular formula is C18H19NO2. The van der Waals surface area contributed by atoms with Crippen molar-refractivity contribution < 1.29 is 9.52 Å². The number of hydrogen-bond acceptors (Lipinski definition) is 3. The molecule has 0 bridgehead atoms. The molecule has 0 amide bonds. The molecule has 0 fully saturated rings. The van der Waals surface area contributed by atoms with E-state index in [9.17, 15) is 5.11 Å². The third-order valence-corrected chi connectivity index (χ3v) is 3.84. The summed E-state index contributed by atoms with van der Waals surface area (Å²) in [4.78, 5) is 0. The summed E-state index contributed by atoms with van der Waals surface area (Å²) in [5, 5.41) is 11.6. The molecule has 3 aromatic rings. The van der Waals surface area contributed by atoms with E-state index in [1.54, 1.807) is 0 Å². The fourth-order valence-electron chi connectivity index (χ4n) is 2.77. The highest BCUT2D eigenvalue weighted by Crippen LogP contribution is 2.32. The van der Waals surface area contributed by atoms with Crippen molar-refractivity contribution >= 4 is 11.0 Å². The average molecular weight is 281 g/mol. The lowest BCUT2D eigenvalue weighted by Gasteiger charge is -2.19. The van der Waals surface area contributed by atoms with Crippen LogP contribution in [-0.2, 0) is 6.42 Å². The van der Waals surface area contributed by atoms with Crippen LogP contribution in [0.4, 0.5) is 0 Å². The maximum atomic E-state index is 10.6. The van der Waals surface area contributed by atoms with E-state index in [0.717, 1.165) is 27.9 Å². The number of para-hydroxylation sites is 1. The van der Waals surface area contributed by atoms with E-state index in [1.165, 1.54) is 0 Å². The number of furan rings is 1. The Morgan fingerprint density at radius 2 is 1.71 bits per heavy atom. The Morgan fingerprint density at radius 3 is 2.48 bits per heavy atom. The maximum Gasteiger partial charge on any atom is 0.134 e. The van der Waals surface area contributed by atoms with Gasteiger partial charge in [-0.1, -0.05) is 48.5 Å². The summed E-state index contributed by atoms with van der Waals surface area (Å²) in [5.41, 5.74) is 8.92. The lowest BCUT2D eigenvalue weighted by molar-refractivity contribution is 0.145. The second-order valence-corrected chi connectivity index (χ2v) is 5.37. The van der Waals surface area contributed by atoms with Gasteiger partial charge in [-0.2, -0.15) is 0 Å². The number of aliphatic hydroxyl groups excluding tert-OH is 1. The van der Waals surface area contributed by atoms with Crippen LogP contribution in [-0.4, -0.2) is 11.1 Å². The topological polar surface area (TPSA) is 59.4 Å². The Balaban J connectivity index is 1.89. The molecule has 0 saturated heterocycles. The van der Waals surface area contributed by atoms with Crippen LogP contribution in [0.25, 0.3) is 11.0 Å². The van der Waals surface area contributed by atoms with Crippen LogP contribution < -0.4 is 5.73 Å². The van der Waals surface area contributed by atoms with Gasteiger partial charge < -0.3 is 15.3 Å². The highest BCUT2D eigenvalue weighted by Gasteiger charge is 2.24. The quantitative estimate of drug-likeness (QED) is 0.771. The van der Waals surface area contributed by atoms with Crippen LogP contribution in [0.15, 0.2) is 59.0 Å². The van der Waals surface area contributed by atoms with E-state index in [2.05, 4.69) is 0 Å². The van der Waals surface area contributed by atoms with Crippen LogP contribution in [0, 0.1) is 6.92 Å². The minimum Gasteiger partial charge on any atom is -0.461 e. The molecule has 1 heterocycles. The first kappa shape index (κ1) is 13.9. The van der Waals surface area contributed by atoms with Crippen molar-refractivity contribution in [3.63, 3.8) is 0 Å². The monoisotopic (exact) mass is 281 g/mol. The number of aryl methyl sites for hydroxylation is 1. The Hall–Kier alpha value is -2.10. The number of rotatable bonds is 4. The molecule has 0 spiro atoms. The third kappa shape index (κ3) is 2.71. The van der Waals surface area contributed by atoms with E-state index in [0.29, 0.717) is 6.42 Å². The lowest BCUT2D eigenvalue weighted by atomic mass is 9.95. The number of aliphatic hydroxyl groups is 1. The summed E-state index contributed by atoms with van der Waals surface area (Å²) < 4.78 is 5.70. The SMILES string of the molecule is Cc1oc2ccccc2c1C(O)C(N)Cc1ccccc1. The predicted octanol–water partition coefficient (Wildman–Crippen LogP) is 3.34. The summed E-state index contributed by atoms with van der Waals surface area (Å²) in [6.45, 7) is 1.87. The molecule has 3 heteroatoms. The molecular weight excluding hydrogens is 262 g/mol. The summed E-state index contributed by atoms with van der Waals surface area (Å²) in [5.74, 6) is 0.729. The largest absolute Gasteiger partial charge is 0.461 e. The van der Waals surface area contributed by atoms with Crippen molar-refractivity contribution in [2.24, 2.45) is 5.73 Å². The summed E-state index contributed by atoms with van der Waals surface area (Å²) in [6, 6.07) is 17.3. The Labute approximate surface area is 124 Å². The van der Waals surface area contributed by atoms with Crippen LogP contribution in [0.2, 0.25) is 0 Å². The van der Waals surface area contributed by atoms with Gasteiger partial charge in [0, 0.05) is 17.0 Å². The Morgan fingerprint density at radius 1 is 1.05 bits per heavy atom. The molecule has 21 heavy (non-hydrogen) atoms. The van der Waals surface area contributed by atoms with Gasteiger partial charge in [-0.15, -0.1) is 0 Å². The van der Waals surface area contributed by atoms with E-state index in [-0.39, 0.29) is 6.04 Å². The molecule has 2 aromatic carbocycles. The Kier molecular flexibility index (Phi) is 3.78. The first-order chi connectivity index (χ1) is 10.2. The molecule has 0 aliphatic carbocycles. The first-order valence-electron chi connectivity index (χ1n) is 7.12. The normalized spacial score (nSPS) is 14.2. The van der Waals surface area contributed by atoms with Crippen molar-refractivity contribution in [2.75, 3.05) is 0 Å². The minimum atomic E-state index is -0.742. The zero-order chi connectivity index (χ0) is 14.8. The van der Waals surface area contributed by atoms with Crippen molar-refractivity contribution in [1.82, 2.24) is 0 Å². The molecule has 0 aliphatic rings. The number of benzene rings is 2. The highest BCUT2D eigenvalue weighted by atomic mass is 16.3. The van der Waals surface area contributed by atoms with Gasteiger partial charge in [0.2, 0.25) is 0 Å². The van der Waals surface area contributed by atoms with Crippen molar-refractivity contribution in [1.29, 1.82) is 0 Å². The molecule has 0 aliphatic heterocycles. The van der Waals surface area contributed by atoms with Gasteiger partial charge in [-0.05, 0) is 25.0 Å². The number of hydrogen-bond donors (Lipinski definition) is 2. The smallest absolute Gasteiger partial charge is 0.134 e. The zero-order valence-electron chi connectivity index (χ0n) is 12.0. The summed E-state index contributed by atoms with van der Waals surface area (Å²) in [6.07, 6.45) is -0.116. The van der Waals surface area contributed by atoms with Gasteiger partial charge >= 0.3 is 0 Å². The standard InChI is InChI=1S/C18H19NO2/c1-12-17(14-9-5-6-10-16(14)21-12)18(20)15(19)11-13-7-3-2-4-8-13/h2-10,15,18,20H,11,19H2,1H3. The molecule has 1 aromatic heterocycles. The molecule has 0 saturated carbocycles. The van der Waals surface area contributed by atoms with Crippen LogP contribution in [0.1, 0.15) is 23.0 Å². The average Bonchev–Trinajstić information content (AvgIpc) is 2.83. The molecule has 2 atom stereocenters. The predicted molar refractivity (Wildman–Crippen MR) is 84.0 cm³/mol. The lowest BCUT2D eigenvalue weighted by Crippen LogP contribution is -2.30. The van der Waals surface area contributed by atoms with Crippen LogP contribution in [0.3, 0.4) is 0 Å². The Bertz CT molecular complexity index is 733. The minimum absolute atomic E-state index is 0.368. The summed E-state index contributed by atoms with van der Waals surface area (Å²) in [7, 11) is 0. The second-order valence-electron chi connectivity index (χ2n) is 5.37. The molecule has 3 nitrogen and oxygen atoms in total.